The third-order valence-electron chi connectivity index (χ3n) is 3.96. The number of hydrogen-bond acceptors (Lipinski definition) is 3. The molecule has 2 N–H and O–H groups in total. The molecule has 1 atom stereocenters. The number of amides is 2. The van der Waals surface area contributed by atoms with Crippen LogP contribution in [0.25, 0.3) is 0 Å². The van der Waals surface area contributed by atoms with Gasteiger partial charge < -0.3 is 10.6 Å². The number of carbonyl (C=O) groups excluding carboxylic acids is 2. The number of carbonyl (C=O) groups is 2. The van der Waals surface area contributed by atoms with Crippen molar-refractivity contribution in [2.24, 2.45) is 16.6 Å². The molecule has 0 radical (unpaired) electrons. The minimum absolute atomic E-state index is 0. The van der Waals surface area contributed by atoms with Gasteiger partial charge in [-0.05, 0) is 25.2 Å². The van der Waals surface area contributed by atoms with Gasteiger partial charge in [-0.25, -0.2) is 0 Å². The Bertz CT molecular complexity index is 398. The molecule has 2 aliphatic heterocycles. The highest BCUT2D eigenvalue weighted by atomic mass is 127. The topological polar surface area (TPSA) is 79.0 Å². The first-order chi connectivity index (χ1) is 9.58. The van der Waals surface area contributed by atoms with Crippen molar-refractivity contribution in [3.05, 3.63) is 0 Å². The van der Waals surface area contributed by atoms with Gasteiger partial charge in [0.1, 0.15) is 0 Å². The average Bonchev–Trinajstić information content (AvgIpc) is 2.42. The Morgan fingerprint density at radius 2 is 1.95 bits per heavy atom. The summed E-state index contributed by atoms with van der Waals surface area (Å²) in [5.41, 5.74) is 5.98. The van der Waals surface area contributed by atoms with E-state index in [4.69, 9.17) is 5.73 Å². The van der Waals surface area contributed by atoms with Crippen LogP contribution in [-0.2, 0) is 9.59 Å². The second-order valence-corrected chi connectivity index (χ2v) is 5.73. The number of halogens is 1. The lowest BCUT2D eigenvalue weighted by Gasteiger charge is -2.31. The van der Waals surface area contributed by atoms with Crippen molar-refractivity contribution in [3.63, 3.8) is 0 Å². The maximum Gasteiger partial charge on any atom is 0.229 e. The zero-order chi connectivity index (χ0) is 14.5. The van der Waals surface area contributed by atoms with Crippen LogP contribution in [0.4, 0.5) is 0 Å². The zero-order valence-corrected chi connectivity index (χ0v) is 14.9. The molecule has 120 valence electrons. The van der Waals surface area contributed by atoms with E-state index in [1.165, 1.54) is 11.3 Å². The van der Waals surface area contributed by atoms with E-state index in [0.29, 0.717) is 44.2 Å². The Morgan fingerprint density at radius 1 is 1.29 bits per heavy atom. The van der Waals surface area contributed by atoms with E-state index < -0.39 is 0 Å². The summed E-state index contributed by atoms with van der Waals surface area (Å²) in [5, 5.41) is 0. The number of aliphatic imine (C=N–C) groups is 1. The van der Waals surface area contributed by atoms with Gasteiger partial charge in [-0.1, -0.05) is 6.92 Å². The van der Waals surface area contributed by atoms with Crippen molar-refractivity contribution < 1.29 is 9.59 Å². The highest BCUT2D eigenvalue weighted by Crippen LogP contribution is 2.15. The number of likely N-dealkylation sites (tertiary alicyclic amines) is 2. The molecule has 2 rings (SSSR count). The normalized spacial score (nSPS) is 24.0. The number of imide groups is 1. The predicted octanol–water partition coefficient (Wildman–Crippen LogP) is 1.19. The van der Waals surface area contributed by atoms with Crippen LogP contribution in [0.15, 0.2) is 4.99 Å². The molecule has 0 spiro atoms. The van der Waals surface area contributed by atoms with Gasteiger partial charge in [-0.3, -0.25) is 19.5 Å². The highest BCUT2D eigenvalue weighted by Gasteiger charge is 2.25. The molecule has 7 heteroatoms. The molecule has 21 heavy (non-hydrogen) atoms. The molecule has 2 amide bonds. The van der Waals surface area contributed by atoms with E-state index in [9.17, 15) is 9.59 Å². The monoisotopic (exact) mass is 408 g/mol. The van der Waals surface area contributed by atoms with Gasteiger partial charge >= 0.3 is 0 Å². The SMILES string of the molecule is CC1CCCN(C(N)=NCCN2C(=O)CCCC2=O)C1.I. The minimum atomic E-state index is -0.0818. The number of rotatable bonds is 3. The molecular formula is C14H25IN4O2. The summed E-state index contributed by atoms with van der Waals surface area (Å²) in [6.45, 7) is 4.85. The Balaban J connectivity index is 0.00000220. The fraction of sp³-hybridized carbons (Fsp3) is 0.786. The van der Waals surface area contributed by atoms with Crippen molar-refractivity contribution in [1.29, 1.82) is 0 Å². The van der Waals surface area contributed by atoms with Crippen molar-refractivity contribution >= 4 is 41.8 Å². The predicted molar refractivity (Wildman–Crippen MR) is 92.4 cm³/mol. The van der Waals surface area contributed by atoms with Gasteiger partial charge in [0.05, 0.1) is 6.54 Å². The first-order valence-corrected chi connectivity index (χ1v) is 7.46. The van der Waals surface area contributed by atoms with Gasteiger partial charge in [0, 0.05) is 32.5 Å². The van der Waals surface area contributed by atoms with Gasteiger partial charge in [0.25, 0.3) is 0 Å². The van der Waals surface area contributed by atoms with E-state index in [1.54, 1.807) is 0 Å². The van der Waals surface area contributed by atoms with E-state index in [2.05, 4.69) is 16.8 Å². The summed E-state index contributed by atoms with van der Waals surface area (Å²) in [6, 6.07) is 0. The zero-order valence-electron chi connectivity index (χ0n) is 12.6. The second kappa shape index (κ2) is 8.55. The molecule has 0 aliphatic carbocycles. The lowest BCUT2D eigenvalue weighted by Crippen LogP contribution is -2.44. The first kappa shape index (κ1) is 18.2. The maximum absolute atomic E-state index is 11.6. The molecule has 0 aromatic rings. The fourth-order valence-corrected chi connectivity index (χ4v) is 2.81. The van der Waals surface area contributed by atoms with Crippen LogP contribution in [0.5, 0.6) is 0 Å². The summed E-state index contributed by atoms with van der Waals surface area (Å²) in [7, 11) is 0. The number of piperidine rings is 2. The van der Waals surface area contributed by atoms with E-state index in [0.717, 1.165) is 19.5 Å². The van der Waals surface area contributed by atoms with Crippen LogP contribution in [0.3, 0.4) is 0 Å². The third-order valence-corrected chi connectivity index (χ3v) is 3.96. The highest BCUT2D eigenvalue weighted by molar-refractivity contribution is 14.0. The molecular weight excluding hydrogens is 383 g/mol. The molecule has 2 saturated heterocycles. The van der Waals surface area contributed by atoms with E-state index >= 15 is 0 Å². The molecule has 2 fully saturated rings. The quantitative estimate of drug-likeness (QED) is 0.329. The lowest BCUT2D eigenvalue weighted by molar-refractivity contribution is -0.147. The minimum Gasteiger partial charge on any atom is -0.370 e. The fourth-order valence-electron chi connectivity index (χ4n) is 2.81. The summed E-state index contributed by atoms with van der Waals surface area (Å²) in [4.78, 5) is 31.0. The van der Waals surface area contributed by atoms with Crippen LogP contribution in [0, 0.1) is 5.92 Å². The second-order valence-electron chi connectivity index (χ2n) is 5.73. The summed E-state index contributed by atoms with van der Waals surface area (Å²) in [5.74, 6) is 1.01. The van der Waals surface area contributed by atoms with Crippen molar-refractivity contribution in [2.75, 3.05) is 26.2 Å². The molecule has 0 aromatic carbocycles. The van der Waals surface area contributed by atoms with E-state index in [1.807, 2.05) is 0 Å². The Labute approximate surface area is 143 Å². The lowest BCUT2D eigenvalue weighted by atomic mass is 10.0. The molecule has 6 nitrogen and oxygen atoms in total. The standard InChI is InChI=1S/C14H24N4O2.HI/c1-11-4-3-8-17(10-11)14(15)16-7-9-18-12(19)5-2-6-13(18)20;/h11H,2-10H2,1H3,(H2,15,16);1H. The van der Waals surface area contributed by atoms with Crippen LogP contribution in [0.1, 0.15) is 39.0 Å². The first-order valence-electron chi connectivity index (χ1n) is 7.46. The van der Waals surface area contributed by atoms with Crippen LogP contribution >= 0.6 is 24.0 Å². The number of nitrogens with zero attached hydrogens (tertiary/aromatic N) is 3. The van der Waals surface area contributed by atoms with Gasteiger partial charge in [-0.2, -0.15) is 0 Å². The Hall–Kier alpha value is -0.860. The van der Waals surface area contributed by atoms with Gasteiger partial charge in [0.2, 0.25) is 11.8 Å². The largest absolute Gasteiger partial charge is 0.370 e. The summed E-state index contributed by atoms with van der Waals surface area (Å²) < 4.78 is 0. The number of hydrogen-bond donors (Lipinski definition) is 1. The van der Waals surface area contributed by atoms with Crippen molar-refractivity contribution in [1.82, 2.24) is 9.80 Å². The van der Waals surface area contributed by atoms with Crippen LogP contribution in [0.2, 0.25) is 0 Å². The van der Waals surface area contributed by atoms with Crippen LogP contribution in [-0.4, -0.2) is 53.8 Å². The molecule has 2 heterocycles. The smallest absolute Gasteiger partial charge is 0.229 e. The maximum atomic E-state index is 11.6. The average molecular weight is 408 g/mol. The van der Waals surface area contributed by atoms with Crippen molar-refractivity contribution in [3.8, 4) is 0 Å². The number of nitrogens with two attached hydrogens (primary N) is 1. The molecule has 0 saturated carbocycles. The van der Waals surface area contributed by atoms with E-state index in [-0.39, 0.29) is 35.8 Å². The summed E-state index contributed by atoms with van der Waals surface area (Å²) >= 11 is 0. The molecule has 0 bridgehead atoms. The Kier molecular flexibility index (Phi) is 7.41. The Morgan fingerprint density at radius 3 is 2.57 bits per heavy atom. The molecule has 2 aliphatic rings. The third kappa shape index (κ3) is 5.12. The molecule has 0 aromatic heterocycles. The summed E-state index contributed by atoms with van der Waals surface area (Å²) in [6.07, 6.45) is 3.98. The molecule has 1 unspecified atom stereocenters. The van der Waals surface area contributed by atoms with Gasteiger partial charge in [-0.15, -0.1) is 24.0 Å². The van der Waals surface area contributed by atoms with Gasteiger partial charge in [0.15, 0.2) is 5.96 Å². The number of guanidine groups is 1. The van der Waals surface area contributed by atoms with Crippen LogP contribution < -0.4 is 5.73 Å². The van der Waals surface area contributed by atoms with Crippen molar-refractivity contribution in [2.45, 2.75) is 39.0 Å².